The van der Waals surface area contributed by atoms with Crippen LogP contribution in [0.2, 0.25) is 0 Å². The molecule has 1 aromatic heterocycles. The summed E-state index contributed by atoms with van der Waals surface area (Å²) in [6.07, 6.45) is 2.77. The average Bonchev–Trinajstić information content (AvgIpc) is 3.12. The molecule has 2 aromatic carbocycles. The average molecular weight is 377 g/mol. The van der Waals surface area contributed by atoms with Crippen LogP contribution in [0, 0.1) is 0 Å². The molecular weight excluding hydrogens is 348 g/mol. The molecule has 0 radical (unpaired) electrons. The van der Waals surface area contributed by atoms with Crippen molar-refractivity contribution in [3.63, 3.8) is 0 Å². The van der Waals surface area contributed by atoms with Crippen LogP contribution in [0.25, 0.3) is 10.9 Å². The number of benzene rings is 2. The number of para-hydroxylation sites is 1. The van der Waals surface area contributed by atoms with Gasteiger partial charge in [-0.1, -0.05) is 55.5 Å². The number of carbonyl (C=O) groups is 1. The Morgan fingerprint density at radius 2 is 1.86 bits per heavy atom. The fraction of sp³-hybridized carbons (Fsp3) is 0.375. The molecule has 4 nitrogen and oxygen atoms in total. The van der Waals surface area contributed by atoms with Crippen LogP contribution in [0.15, 0.2) is 60.7 Å². The number of aliphatic hydroxyl groups excluding tert-OH is 1. The first-order chi connectivity index (χ1) is 13.7. The van der Waals surface area contributed by atoms with Gasteiger partial charge in [-0.2, -0.15) is 0 Å². The number of piperidine rings is 1. The molecule has 1 fully saturated rings. The van der Waals surface area contributed by atoms with E-state index in [9.17, 15) is 9.90 Å². The monoisotopic (exact) mass is 376 g/mol. The van der Waals surface area contributed by atoms with Crippen LogP contribution in [-0.4, -0.2) is 40.2 Å². The van der Waals surface area contributed by atoms with Gasteiger partial charge in [0.2, 0.25) is 0 Å². The second-order valence-electron chi connectivity index (χ2n) is 7.87. The van der Waals surface area contributed by atoms with E-state index >= 15 is 0 Å². The van der Waals surface area contributed by atoms with Gasteiger partial charge in [0.1, 0.15) is 5.69 Å². The van der Waals surface area contributed by atoms with E-state index in [0.29, 0.717) is 6.54 Å². The molecule has 0 spiro atoms. The van der Waals surface area contributed by atoms with Crippen molar-refractivity contribution in [2.45, 2.75) is 38.1 Å². The summed E-state index contributed by atoms with van der Waals surface area (Å²) in [5.41, 5.74) is 2.60. The molecule has 3 aromatic rings. The summed E-state index contributed by atoms with van der Waals surface area (Å²) >= 11 is 0. The topological polar surface area (TPSA) is 45.5 Å². The molecule has 0 saturated carbocycles. The summed E-state index contributed by atoms with van der Waals surface area (Å²) in [6.45, 7) is 4.31. The van der Waals surface area contributed by atoms with Crippen LogP contribution in [0.1, 0.15) is 42.2 Å². The SMILES string of the molecule is CCCn1c(C(=O)N2CCCC(CO)(c3ccccc3)C2)cc2ccccc21. The van der Waals surface area contributed by atoms with Gasteiger partial charge in [-0.05, 0) is 37.0 Å². The Morgan fingerprint density at radius 3 is 2.61 bits per heavy atom. The number of amides is 1. The van der Waals surface area contributed by atoms with Crippen molar-refractivity contribution >= 4 is 16.8 Å². The van der Waals surface area contributed by atoms with Gasteiger partial charge in [0.15, 0.2) is 0 Å². The summed E-state index contributed by atoms with van der Waals surface area (Å²) in [5, 5.41) is 11.4. The van der Waals surface area contributed by atoms with Gasteiger partial charge >= 0.3 is 0 Å². The number of hydrogen-bond acceptors (Lipinski definition) is 2. The highest BCUT2D eigenvalue weighted by Crippen LogP contribution is 2.34. The van der Waals surface area contributed by atoms with E-state index in [0.717, 1.165) is 54.5 Å². The van der Waals surface area contributed by atoms with Crippen molar-refractivity contribution in [2.75, 3.05) is 19.7 Å². The van der Waals surface area contributed by atoms with Crippen molar-refractivity contribution in [1.82, 2.24) is 9.47 Å². The normalized spacial score (nSPS) is 19.9. The summed E-state index contributed by atoms with van der Waals surface area (Å²) in [4.78, 5) is 15.5. The molecule has 4 rings (SSSR count). The number of rotatable bonds is 5. The maximum Gasteiger partial charge on any atom is 0.270 e. The van der Waals surface area contributed by atoms with Gasteiger partial charge < -0.3 is 14.6 Å². The molecule has 1 amide bonds. The number of aryl methyl sites for hydroxylation is 1. The lowest BCUT2D eigenvalue weighted by atomic mass is 9.74. The molecule has 1 atom stereocenters. The van der Waals surface area contributed by atoms with Crippen LogP contribution in [0.4, 0.5) is 0 Å². The fourth-order valence-corrected chi connectivity index (χ4v) is 4.57. The molecule has 0 aliphatic carbocycles. The third-order valence-corrected chi connectivity index (χ3v) is 6.03. The Balaban J connectivity index is 1.68. The molecule has 1 aliphatic rings. The predicted octanol–water partition coefficient (Wildman–Crippen LogP) is 4.22. The van der Waals surface area contributed by atoms with Crippen LogP contribution in [-0.2, 0) is 12.0 Å². The van der Waals surface area contributed by atoms with Crippen molar-refractivity contribution in [1.29, 1.82) is 0 Å². The van der Waals surface area contributed by atoms with E-state index in [1.54, 1.807) is 0 Å². The largest absolute Gasteiger partial charge is 0.395 e. The summed E-state index contributed by atoms with van der Waals surface area (Å²) in [5.74, 6) is 0.0677. The highest BCUT2D eigenvalue weighted by Gasteiger charge is 2.39. The van der Waals surface area contributed by atoms with Gasteiger partial charge in [-0.3, -0.25) is 4.79 Å². The minimum atomic E-state index is -0.378. The van der Waals surface area contributed by atoms with E-state index in [2.05, 4.69) is 35.8 Å². The maximum atomic E-state index is 13.5. The molecular formula is C24H28N2O2. The number of carbonyl (C=O) groups excluding carboxylic acids is 1. The Kier molecular flexibility index (Phi) is 5.23. The number of fused-ring (bicyclic) bond motifs is 1. The molecule has 146 valence electrons. The maximum absolute atomic E-state index is 13.5. The molecule has 0 bridgehead atoms. The minimum Gasteiger partial charge on any atom is -0.395 e. The lowest BCUT2D eigenvalue weighted by Crippen LogP contribution is -2.50. The Morgan fingerprint density at radius 1 is 1.11 bits per heavy atom. The standard InChI is InChI=1S/C24H28N2O2/c1-2-14-26-21-12-7-6-9-19(21)16-22(26)23(28)25-15-8-13-24(17-25,18-27)20-10-4-3-5-11-20/h3-7,9-12,16,27H,2,8,13-15,17-18H2,1H3. The first kappa shape index (κ1) is 18.8. The third-order valence-electron chi connectivity index (χ3n) is 6.03. The lowest BCUT2D eigenvalue weighted by molar-refractivity contribution is 0.0534. The number of nitrogens with zero attached hydrogens (tertiary/aromatic N) is 2. The van der Waals surface area contributed by atoms with Gasteiger partial charge in [-0.15, -0.1) is 0 Å². The smallest absolute Gasteiger partial charge is 0.270 e. The highest BCUT2D eigenvalue weighted by molar-refractivity contribution is 5.99. The zero-order chi connectivity index (χ0) is 19.6. The quantitative estimate of drug-likeness (QED) is 0.725. The molecule has 1 unspecified atom stereocenters. The van der Waals surface area contributed by atoms with Crippen molar-refractivity contribution in [2.24, 2.45) is 0 Å². The van der Waals surface area contributed by atoms with Crippen molar-refractivity contribution < 1.29 is 9.90 Å². The van der Waals surface area contributed by atoms with E-state index in [1.165, 1.54) is 0 Å². The first-order valence-corrected chi connectivity index (χ1v) is 10.2. The van der Waals surface area contributed by atoms with E-state index in [-0.39, 0.29) is 17.9 Å². The van der Waals surface area contributed by atoms with Gasteiger partial charge in [0.05, 0.1) is 6.61 Å². The fourth-order valence-electron chi connectivity index (χ4n) is 4.57. The van der Waals surface area contributed by atoms with E-state index < -0.39 is 0 Å². The van der Waals surface area contributed by atoms with Crippen molar-refractivity contribution in [3.8, 4) is 0 Å². The van der Waals surface area contributed by atoms with Gasteiger partial charge in [0.25, 0.3) is 5.91 Å². The Hall–Kier alpha value is -2.59. The second kappa shape index (κ2) is 7.80. The van der Waals surface area contributed by atoms with Crippen LogP contribution in [0.3, 0.4) is 0 Å². The number of likely N-dealkylation sites (tertiary alicyclic amines) is 1. The Bertz CT molecular complexity index is 963. The number of aliphatic hydroxyl groups is 1. The molecule has 1 saturated heterocycles. The van der Waals surface area contributed by atoms with E-state index in [1.807, 2.05) is 41.3 Å². The summed E-state index contributed by atoms with van der Waals surface area (Å²) < 4.78 is 2.15. The van der Waals surface area contributed by atoms with Crippen molar-refractivity contribution in [3.05, 3.63) is 71.9 Å². The lowest BCUT2D eigenvalue weighted by Gasteiger charge is -2.42. The highest BCUT2D eigenvalue weighted by atomic mass is 16.3. The first-order valence-electron chi connectivity index (χ1n) is 10.2. The predicted molar refractivity (Wildman–Crippen MR) is 113 cm³/mol. The molecule has 4 heteroatoms. The molecule has 1 aliphatic heterocycles. The van der Waals surface area contributed by atoms with Crippen LogP contribution < -0.4 is 0 Å². The number of hydrogen-bond donors (Lipinski definition) is 1. The van der Waals surface area contributed by atoms with Crippen LogP contribution >= 0.6 is 0 Å². The van der Waals surface area contributed by atoms with E-state index in [4.69, 9.17) is 0 Å². The molecule has 28 heavy (non-hydrogen) atoms. The molecule has 2 heterocycles. The molecule has 1 N–H and O–H groups in total. The zero-order valence-electron chi connectivity index (χ0n) is 16.5. The number of aromatic nitrogens is 1. The zero-order valence-corrected chi connectivity index (χ0v) is 16.5. The minimum absolute atomic E-state index is 0.0543. The summed E-state index contributed by atoms with van der Waals surface area (Å²) in [6, 6.07) is 20.3. The third kappa shape index (κ3) is 3.22. The Labute approximate surface area is 166 Å². The summed E-state index contributed by atoms with van der Waals surface area (Å²) in [7, 11) is 0. The van der Waals surface area contributed by atoms with Crippen LogP contribution in [0.5, 0.6) is 0 Å². The van der Waals surface area contributed by atoms with Gasteiger partial charge in [0, 0.05) is 36.0 Å². The second-order valence-corrected chi connectivity index (χ2v) is 7.87. The van der Waals surface area contributed by atoms with Gasteiger partial charge in [-0.25, -0.2) is 0 Å².